The van der Waals surface area contributed by atoms with Gasteiger partial charge in [0.25, 0.3) is 0 Å². The normalized spacial score (nSPS) is 13.8. The van der Waals surface area contributed by atoms with E-state index < -0.39 is 0 Å². The minimum Gasteiger partial charge on any atom is -0.490 e. The molecule has 2 heterocycles. The van der Waals surface area contributed by atoms with Gasteiger partial charge in [0.05, 0.1) is 18.1 Å². The zero-order chi connectivity index (χ0) is 13.8. The first-order valence-corrected chi connectivity index (χ1v) is 7.78. The lowest BCUT2D eigenvalue weighted by Crippen LogP contribution is -1.97. The maximum atomic E-state index is 5.73. The number of aromatic nitrogens is 1. The third-order valence-electron chi connectivity index (χ3n) is 3.06. The average molecular weight is 290 g/mol. The summed E-state index contributed by atoms with van der Waals surface area (Å²) in [5, 5.41) is 4.27. The summed E-state index contributed by atoms with van der Waals surface area (Å²) in [6, 6.07) is 6.08. The summed E-state index contributed by atoms with van der Waals surface area (Å²) < 4.78 is 11.4. The molecule has 1 aliphatic heterocycles. The smallest absolute Gasteiger partial charge is 0.183 e. The molecule has 0 saturated carbocycles. The molecular formula is C15H18N2O2S. The van der Waals surface area contributed by atoms with E-state index in [9.17, 15) is 0 Å². The van der Waals surface area contributed by atoms with Crippen molar-refractivity contribution in [2.75, 3.05) is 25.1 Å². The third kappa shape index (κ3) is 2.88. The van der Waals surface area contributed by atoms with Gasteiger partial charge in [0.1, 0.15) is 0 Å². The van der Waals surface area contributed by atoms with Gasteiger partial charge >= 0.3 is 0 Å². The Morgan fingerprint density at radius 1 is 1.25 bits per heavy atom. The molecule has 0 amide bonds. The van der Waals surface area contributed by atoms with Gasteiger partial charge in [-0.25, -0.2) is 4.98 Å². The van der Waals surface area contributed by atoms with E-state index in [0.717, 1.165) is 53.1 Å². The van der Waals surface area contributed by atoms with Gasteiger partial charge in [-0.2, -0.15) is 0 Å². The Kier molecular flexibility index (Phi) is 4.06. The van der Waals surface area contributed by atoms with Crippen molar-refractivity contribution in [3.8, 4) is 21.9 Å². The maximum Gasteiger partial charge on any atom is 0.183 e. The molecule has 2 aromatic rings. The van der Waals surface area contributed by atoms with Crippen molar-refractivity contribution in [1.82, 2.24) is 4.98 Å². The van der Waals surface area contributed by atoms with Gasteiger partial charge in [0.2, 0.25) is 0 Å². The molecule has 1 aromatic carbocycles. The fourth-order valence-electron chi connectivity index (χ4n) is 2.04. The molecule has 0 aliphatic carbocycles. The molecule has 0 spiro atoms. The maximum absolute atomic E-state index is 5.73. The fraction of sp³-hybridized carbons (Fsp3) is 0.400. The van der Waals surface area contributed by atoms with Gasteiger partial charge in [0.15, 0.2) is 16.6 Å². The lowest BCUT2D eigenvalue weighted by Gasteiger charge is -2.08. The van der Waals surface area contributed by atoms with Crippen LogP contribution in [0.3, 0.4) is 0 Å². The topological polar surface area (TPSA) is 43.4 Å². The van der Waals surface area contributed by atoms with Crippen molar-refractivity contribution in [2.45, 2.75) is 19.8 Å². The predicted octanol–water partition coefficient (Wildman–Crippen LogP) is 3.79. The van der Waals surface area contributed by atoms with E-state index in [1.165, 1.54) is 0 Å². The van der Waals surface area contributed by atoms with Crippen LogP contribution in [0.15, 0.2) is 24.4 Å². The summed E-state index contributed by atoms with van der Waals surface area (Å²) in [5.74, 6) is 1.66. The quantitative estimate of drug-likeness (QED) is 0.930. The number of benzene rings is 1. The Balaban J connectivity index is 1.83. The zero-order valence-electron chi connectivity index (χ0n) is 11.5. The monoisotopic (exact) mass is 290 g/mol. The van der Waals surface area contributed by atoms with Crippen LogP contribution in [0.5, 0.6) is 11.5 Å². The van der Waals surface area contributed by atoms with Crippen molar-refractivity contribution < 1.29 is 9.47 Å². The van der Waals surface area contributed by atoms with Crippen LogP contribution in [0, 0.1) is 0 Å². The second-order valence-corrected chi connectivity index (χ2v) is 5.70. The Labute approximate surface area is 122 Å². The first-order chi connectivity index (χ1) is 9.86. The Bertz CT molecular complexity index is 583. The molecule has 106 valence electrons. The van der Waals surface area contributed by atoms with Crippen molar-refractivity contribution >= 4 is 16.5 Å². The molecule has 0 unspecified atom stereocenters. The van der Waals surface area contributed by atoms with Gasteiger partial charge < -0.3 is 14.8 Å². The van der Waals surface area contributed by atoms with Crippen molar-refractivity contribution in [1.29, 1.82) is 0 Å². The van der Waals surface area contributed by atoms with Crippen molar-refractivity contribution in [3.05, 3.63) is 24.4 Å². The van der Waals surface area contributed by atoms with E-state index in [0.29, 0.717) is 6.61 Å². The minimum absolute atomic E-state index is 0.711. The number of nitrogens with one attached hydrogen (secondary N) is 1. The van der Waals surface area contributed by atoms with Gasteiger partial charge in [-0.1, -0.05) is 18.3 Å². The highest BCUT2D eigenvalue weighted by Gasteiger charge is 2.12. The highest BCUT2D eigenvalue weighted by Crippen LogP contribution is 2.36. The van der Waals surface area contributed by atoms with Crippen LogP contribution in [0.1, 0.15) is 19.8 Å². The van der Waals surface area contributed by atoms with E-state index in [2.05, 4.69) is 23.3 Å². The van der Waals surface area contributed by atoms with Crippen LogP contribution in [0.2, 0.25) is 0 Å². The molecule has 4 nitrogen and oxygen atoms in total. The van der Waals surface area contributed by atoms with E-state index in [1.54, 1.807) is 11.3 Å². The number of rotatable bonds is 4. The van der Waals surface area contributed by atoms with Crippen LogP contribution in [0.4, 0.5) is 5.13 Å². The second kappa shape index (κ2) is 6.13. The van der Waals surface area contributed by atoms with Crippen LogP contribution in [0.25, 0.3) is 10.4 Å². The van der Waals surface area contributed by atoms with Crippen molar-refractivity contribution in [2.24, 2.45) is 0 Å². The van der Waals surface area contributed by atoms with E-state index in [1.807, 2.05) is 18.3 Å². The SMILES string of the molecule is CCCNc1ncc(-c2ccc3c(c2)OCCCO3)s1. The summed E-state index contributed by atoms with van der Waals surface area (Å²) in [4.78, 5) is 5.53. The van der Waals surface area contributed by atoms with Crippen LogP contribution < -0.4 is 14.8 Å². The van der Waals surface area contributed by atoms with E-state index in [4.69, 9.17) is 9.47 Å². The fourth-order valence-corrected chi connectivity index (χ4v) is 2.88. The molecule has 1 aromatic heterocycles. The van der Waals surface area contributed by atoms with E-state index >= 15 is 0 Å². The number of hydrogen-bond acceptors (Lipinski definition) is 5. The standard InChI is InChI=1S/C15H18N2O2S/c1-2-6-16-15-17-10-14(20-15)11-4-5-12-13(9-11)19-8-3-7-18-12/h4-5,9-10H,2-3,6-8H2,1H3,(H,16,17). The Hall–Kier alpha value is -1.75. The number of fused-ring (bicyclic) bond motifs is 1. The summed E-state index contributed by atoms with van der Waals surface area (Å²) >= 11 is 1.66. The highest BCUT2D eigenvalue weighted by atomic mass is 32.1. The third-order valence-corrected chi connectivity index (χ3v) is 4.07. The molecule has 0 fully saturated rings. The molecular weight excluding hydrogens is 272 g/mol. The zero-order valence-corrected chi connectivity index (χ0v) is 12.3. The predicted molar refractivity (Wildman–Crippen MR) is 81.9 cm³/mol. The highest BCUT2D eigenvalue weighted by molar-refractivity contribution is 7.18. The number of hydrogen-bond donors (Lipinski definition) is 1. The molecule has 20 heavy (non-hydrogen) atoms. The summed E-state index contributed by atoms with van der Waals surface area (Å²) in [6.45, 7) is 4.53. The number of nitrogens with zero attached hydrogens (tertiary/aromatic N) is 1. The molecule has 3 rings (SSSR count). The second-order valence-electron chi connectivity index (χ2n) is 4.67. The van der Waals surface area contributed by atoms with Gasteiger partial charge in [-0.15, -0.1) is 0 Å². The van der Waals surface area contributed by atoms with Gasteiger partial charge in [-0.3, -0.25) is 0 Å². The average Bonchev–Trinajstić information content (AvgIpc) is 2.82. The summed E-state index contributed by atoms with van der Waals surface area (Å²) in [5.41, 5.74) is 1.12. The van der Waals surface area contributed by atoms with Crippen LogP contribution in [-0.2, 0) is 0 Å². The molecule has 0 radical (unpaired) electrons. The first kappa shape index (κ1) is 13.2. The lowest BCUT2D eigenvalue weighted by atomic mass is 10.2. The van der Waals surface area contributed by atoms with Crippen LogP contribution in [-0.4, -0.2) is 24.7 Å². The molecule has 0 saturated heterocycles. The molecule has 1 N–H and O–H groups in total. The molecule has 0 bridgehead atoms. The molecule has 1 aliphatic rings. The lowest BCUT2D eigenvalue weighted by molar-refractivity contribution is 0.297. The Morgan fingerprint density at radius 2 is 2.10 bits per heavy atom. The largest absolute Gasteiger partial charge is 0.490 e. The first-order valence-electron chi connectivity index (χ1n) is 6.96. The molecule has 5 heteroatoms. The van der Waals surface area contributed by atoms with Crippen molar-refractivity contribution in [3.63, 3.8) is 0 Å². The van der Waals surface area contributed by atoms with Gasteiger partial charge in [0, 0.05) is 19.2 Å². The number of thiazole rings is 1. The summed E-state index contributed by atoms with van der Waals surface area (Å²) in [7, 11) is 0. The Morgan fingerprint density at radius 3 is 2.95 bits per heavy atom. The van der Waals surface area contributed by atoms with Gasteiger partial charge in [-0.05, 0) is 30.2 Å². The number of anilines is 1. The van der Waals surface area contributed by atoms with E-state index in [-0.39, 0.29) is 0 Å². The van der Waals surface area contributed by atoms with Crippen LogP contribution >= 0.6 is 11.3 Å². The molecule has 0 atom stereocenters. The minimum atomic E-state index is 0.711. The number of ether oxygens (including phenoxy) is 2. The summed E-state index contributed by atoms with van der Waals surface area (Å²) in [6.07, 6.45) is 3.93.